The number of benzene rings is 1. The fourth-order valence-corrected chi connectivity index (χ4v) is 4.43. The monoisotopic (exact) mass is 422 g/mol. The minimum absolute atomic E-state index is 0.539. The number of aromatic nitrogens is 3. The predicted octanol–water partition coefficient (Wildman–Crippen LogP) is 2.52. The molecule has 1 aromatic carbocycles. The van der Waals surface area contributed by atoms with E-state index in [0.29, 0.717) is 17.1 Å². The van der Waals surface area contributed by atoms with Gasteiger partial charge < -0.3 is 20.9 Å². The van der Waals surface area contributed by atoms with E-state index in [-0.39, 0.29) is 0 Å². The number of nitrogens with one attached hydrogen (secondary N) is 1. The molecule has 1 saturated carbocycles. The zero-order valence-corrected chi connectivity index (χ0v) is 17.9. The molecule has 0 unspecified atom stereocenters. The minimum Gasteiger partial charge on any atom is -0.399 e. The van der Waals surface area contributed by atoms with Crippen molar-refractivity contribution in [2.24, 2.45) is 10.9 Å². The topological polar surface area (TPSA) is 95.6 Å². The first-order chi connectivity index (χ1) is 14.6. The molecule has 1 saturated heterocycles. The fraction of sp³-hybridized carbons (Fsp3) is 0.429. The highest BCUT2D eigenvalue weighted by atomic mass is 32.2. The molecule has 3 aliphatic rings. The number of nitrogens with zero attached hydrogens (tertiary/aromatic N) is 6. The average molecular weight is 423 g/mol. The summed E-state index contributed by atoms with van der Waals surface area (Å²) in [6, 6.07) is 7.76. The molecule has 3 heterocycles. The van der Waals surface area contributed by atoms with Crippen LogP contribution in [-0.2, 0) is 0 Å². The van der Waals surface area contributed by atoms with Crippen LogP contribution in [0.15, 0.2) is 51.0 Å². The Hall–Kier alpha value is -2.65. The van der Waals surface area contributed by atoms with Crippen molar-refractivity contribution in [3.63, 3.8) is 0 Å². The summed E-state index contributed by atoms with van der Waals surface area (Å²) in [5, 5.41) is 3.97. The van der Waals surface area contributed by atoms with Crippen LogP contribution in [0.5, 0.6) is 0 Å². The first-order valence-electron chi connectivity index (χ1n) is 10.4. The van der Waals surface area contributed by atoms with Crippen LogP contribution in [0.25, 0.3) is 0 Å². The first-order valence-corrected chi connectivity index (χ1v) is 11.2. The molecule has 0 atom stereocenters. The van der Waals surface area contributed by atoms with Crippen LogP contribution in [0.3, 0.4) is 0 Å². The summed E-state index contributed by atoms with van der Waals surface area (Å²) in [6.07, 6.45) is 4.73. The van der Waals surface area contributed by atoms with Crippen LogP contribution in [-0.4, -0.2) is 65.5 Å². The SMILES string of the molecule is CN1CCN(c2nc(NC3=NCC(C4CC4)=C3)nc(Sc3cccc(N)c3)n2)CC1. The molecule has 30 heavy (non-hydrogen) atoms. The Kier molecular flexibility index (Phi) is 5.30. The van der Waals surface area contributed by atoms with Crippen molar-refractivity contribution in [1.82, 2.24) is 19.9 Å². The Morgan fingerprint density at radius 1 is 1.10 bits per heavy atom. The highest BCUT2D eigenvalue weighted by Crippen LogP contribution is 2.38. The lowest BCUT2D eigenvalue weighted by molar-refractivity contribution is 0.311. The van der Waals surface area contributed by atoms with Crippen molar-refractivity contribution in [2.75, 3.05) is 55.7 Å². The molecule has 9 heteroatoms. The Morgan fingerprint density at radius 2 is 1.93 bits per heavy atom. The average Bonchev–Trinajstić information content (AvgIpc) is 3.48. The van der Waals surface area contributed by atoms with Crippen molar-refractivity contribution >= 4 is 35.2 Å². The van der Waals surface area contributed by atoms with Gasteiger partial charge in [0.15, 0.2) is 5.16 Å². The number of hydrogen-bond donors (Lipinski definition) is 2. The van der Waals surface area contributed by atoms with E-state index in [9.17, 15) is 0 Å². The number of rotatable bonds is 5. The molecule has 156 valence electrons. The number of nitrogens with two attached hydrogens (primary N) is 1. The molecule has 8 nitrogen and oxygen atoms in total. The number of nitrogen functional groups attached to an aromatic ring is 1. The van der Waals surface area contributed by atoms with Gasteiger partial charge in [-0.3, -0.25) is 4.99 Å². The first kappa shape index (κ1) is 19.3. The number of hydrogen-bond acceptors (Lipinski definition) is 9. The standard InChI is InChI=1S/C21H26N8S/c1-28-7-9-29(10-8-28)20-25-19(24-18-11-15(13-23-18)14-5-6-14)26-21(27-20)30-17-4-2-3-16(22)12-17/h2-4,11-12,14H,5-10,13,22H2,1H3,(H,23,24,25,26,27). The number of piperazine rings is 1. The predicted molar refractivity (Wildman–Crippen MR) is 121 cm³/mol. The van der Waals surface area contributed by atoms with Crippen LogP contribution in [0, 0.1) is 5.92 Å². The summed E-state index contributed by atoms with van der Waals surface area (Å²) in [6.45, 7) is 4.57. The third kappa shape index (κ3) is 4.57. The number of anilines is 3. The second-order valence-electron chi connectivity index (χ2n) is 8.03. The number of aliphatic imine (C=N–C) groups is 1. The van der Waals surface area contributed by atoms with E-state index in [0.717, 1.165) is 55.1 Å². The molecule has 0 amide bonds. The van der Waals surface area contributed by atoms with Gasteiger partial charge in [0.1, 0.15) is 5.84 Å². The third-order valence-corrected chi connectivity index (χ3v) is 6.41. The molecule has 2 fully saturated rings. The maximum Gasteiger partial charge on any atom is 0.234 e. The van der Waals surface area contributed by atoms with E-state index in [4.69, 9.17) is 15.7 Å². The van der Waals surface area contributed by atoms with Crippen molar-refractivity contribution in [3.8, 4) is 0 Å². The van der Waals surface area contributed by atoms with Gasteiger partial charge in [-0.25, -0.2) is 0 Å². The summed E-state index contributed by atoms with van der Waals surface area (Å²) in [7, 11) is 2.14. The van der Waals surface area contributed by atoms with Crippen molar-refractivity contribution in [3.05, 3.63) is 35.9 Å². The van der Waals surface area contributed by atoms with Crippen molar-refractivity contribution in [2.45, 2.75) is 22.9 Å². The molecule has 3 N–H and O–H groups in total. The molecular formula is C21H26N8S. The molecule has 2 aliphatic heterocycles. The van der Waals surface area contributed by atoms with Gasteiger partial charge in [0, 0.05) is 36.8 Å². The Balaban J connectivity index is 1.40. The van der Waals surface area contributed by atoms with Gasteiger partial charge in [0.2, 0.25) is 11.9 Å². The van der Waals surface area contributed by atoms with E-state index >= 15 is 0 Å². The van der Waals surface area contributed by atoms with E-state index in [1.54, 1.807) is 0 Å². The van der Waals surface area contributed by atoms with Gasteiger partial charge >= 0.3 is 0 Å². The van der Waals surface area contributed by atoms with Crippen LogP contribution in [0.2, 0.25) is 0 Å². The lowest BCUT2D eigenvalue weighted by Crippen LogP contribution is -2.45. The Labute approximate surface area is 180 Å². The van der Waals surface area contributed by atoms with Crippen LogP contribution in [0.1, 0.15) is 12.8 Å². The summed E-state index contributed by atoms with van der Waals surface area (Å²) >= 11 is 1.49. The van der Waals surface area contributed by atoms with Crippen molar-refractivity contribution < 1.29 is 0 Å². The smallest absolute Gasteiger partial charge is 0.234 e. The maximum absolute atomic E-state index is 5.94. The quantitative estimate of drug-likeness (QED) is 0.710. The highest BCUT2D eigenvalue weighted by molar-refractivity contribution is 7.99. The molecule has 0 radical (unpaired) electrons. The molecular weight excluding hydrogens is 396 g/mol. The maximum atomic E-state index is 5.94. The number of amidine groups is 1. The minimum atomic E-state index is 0.539. The molecule has 0 bridgehead atoms. The second-order valence-corrected chi connectivity index (χ2v) is 9.07. The van der Waals surface area contributed by atoms with Gasteiger partial charge in [-0.15, -0.1) is 0 Å². The zero-order chi connectivity index (χ0) is 20.5. The summed E-state index contributed by atoms with van der Waals surface area (Å²) in [5.41, 5.74) is 8.08. The highest BCUT2D eigenvalue weighted by Gasteiger charge is 2.28. The van der Waals surface area contributed by atoms with E-state index in [2.05, 4.69) is 38.2 Å². The van der Waals surface area contributed by atoms with Crippen LogP contribution in [0.4, 0.5) is 17.6 Å². The van der Waals surface area contributed by atoms with E-state index in [1.165, 1.54) is 30.2 Å². The Bertz CT molecular complexity index is 992. The lowest BCUT2D eigenvalue weighted by atomic mass is 10.2. The molecule has 1 aromatic heterocycles. The van der Waals surface area contributed by atoms with E-state index in [1.807, 2.05) is 24.3 Å². The lowest BCUT2D eigenvalue weighted by Gasteiger charge is -2.32. The summed E-state index contributed by atoms with van der Waals surface area (Å²) in [4.78, 5) is 24.3. The van der Waals surface area contributed by atoms with Gasteiger partial charge in [-0.2, -0.15) is 15.0 Å². The third-order valence-electron chi connectivity index (χ3n) is 5.55. The van der Waals surface area contributed by atoms with Crippen LogP contribution < -0.4 is 16.0 Å². The number of likely N-dealkylation sites (N-methyl/N-ethyl adjacent to an activating group) is 1. The largest absolute Gasteiger partial charge is 0.399 e. The molecule has 2 aromatic rings. The fourth-order valence-electron chi connectivity index (χ4n) is 3.61. The molecule has 1 aliphatic carbocycles. The molecule has 5 rings (SSSR count). The van der Waals surface area contributed by atoms with Gasteiger partial charge in [0.05, 0.1) is 6.54 Å². The molecule has 0 spiro atoms. The zero-order valence-electron chi connectivity index (χ0n) is 17.1. The van der Waals surface area contributed by atoms with Crippen LogP contribution >= 0.6 is 11.8 Å². The second kappa shape index (κ2) is 8.23. The summed E-state index contributed by atoms with van der Waals surface area (Å²) < 4.78 is 0. The normalized spacial score (nSPS) is 19.6. The summed E-state index contributed by atoms with van der Waals surface area (Å²) in [5.74, 6) is 2.81. The Morgan fingerprint density at radius 3 is 2.70 bits per heavy atom. The van der Waals surface area contributed by atoms with Gasteiger partial charge in [-0.05, 0) is 67.4 Å². The van der Waals surface area contributed by atoms with Gasteiger partial charge in [0.25, 0.3) is 0 Å². The van der Waals surface area contributed by atoms with Crippen molar-refractivity contribution in [1.29, 1.82) is 0 Å². The van der Waals surface area contributed by atoms with Gasteiger partial charge in [-0.1, -0.05) is 6.07 Å². The van der Waals surface area contributed by atoms with E-state index < -0.39 is 0 Å².